The molecule has 0 atom stereocenters. The van der Waals surface area contributed by atoms with E-state index in [1.165, 1.54) is 19.2 Å². The molecular weight excluding hydrogens is 380 g/mol. The number of nitrogens with one attached hydrogen (secondary N) is 1. The first-order valence-corrected chi connectivity index (χ1v) is 9.43. The van der Waals surface area contributed by atoms with Crippen LogP contribution in [0.1, 0.15) is 5.82 Å². The molecule has 0 amide bonds. The lowest BCUT2D eigenvalue weighted by atomic mass is 10.3. The highest BCUT2D eigenvalue weighted by Gasteiger charge is 2.21. The van der Waals surface area contributed by atoms with Crippen LogP contribution in [-0.2, 0) is 16.6 Å². The first kappa shape index (κ1) is 20.1. The van der Waals surface area contributed by atoms with Gasteiger partial charge in [0.05, 0.1) is 13.7 Å². The third-order valence-electron chi connectivity index (χ3n) is 3.29. The van der Waals surface area contributed by atoms with Gasteiger partial charge >= 0.3 is 0 Å². The topological polar surface area (TPSA) is 101 Å². The summed E-state index contributed by atoms with van der Waals surface area (Å²) >= 11 is 5.92. The van der Waals surface area contributed by atoms with Crippen molar-refractivity contribution in [2.24, 2.45) is 0 Å². The minimum absolute atomic E-state index is 0.0535. The zero-order valence-corrected chi connectivity index (χ0v) is 16.8. The van der Waals surface area contributed by atoms with Crippen LogP contribution in [0.15, 0.2) is 23.1 Å². The number of benzene rings is 1. The second-order valence-electron chi connectivity index (χ2n) is 5.76. The fraction of sp³-hybridized carbons (Fsp3) is 0.400. The van der Waals surface area contributed by atoms with Gasteiger partial charge in [-0.25, -0.2) is 13.1 Å². The van der Waals surface area contributed by atoms with Crippen molar-refractivity contribution in [3.63, 3.8) is 0 Å². The number of hydrogen-bond acceptors (Lipinski definition) is 8. The van der Waals surface area contributed by atoms with E-state index in [9.17, 15) is 8.42 Å². The van der Waals surface area contributed by atoms with Crippen molar-refractivity contribution in [2.45, 2.75) is 11.4 Å². The predicted octanol–water partition coefficient (Wildman–Crippen LogP) is 1.14. The zero-order valence-electron chi connectivity index (χ0n) is 15.2. The summed E-state index contributed by atoms with van der Waals surface area (Å²) in [6.45, 7) is -0.109. The molecule has 2 rings (SSSR count). The van der Waals surface area contributed by atoms with Crippen molar-refractivity contribution in [3.8, 4) is 5.75 Å². The first-order valence-electron chi connectivity index (χ1n) is 7.57. The van der Waals surface area contributed by atoms with Crippen molar-refractivity contribution in [1.82, 2.24) is 19.7 Å². The highest BCUT2D eigenvalue weighted by Crippen LogP contribution is 2.27. The van der Waals surface area contributed by atoms with Gasteiger partial charge in [0.25, 0.3) is 0 Å². The molecule has 1 N–H and O–H groups in total. The Hall–Kier alpha value is -2.17. The van der Waals surface area contributed by atoms with Gasteiger partial charge in [0, 0.05) is 33.2 Å². The molecule has 0 aliphatic carbocycles. The summed E-state index contributed by atoms with van der Waals surface area (Å²) in [5.74, 6) is 1.34. The lowest BCUT2D eigenvalue weighted by Crippen LogP contribution is -2.26. The van der Waals surface area contributed by atoms with Crippen LogP contribution in [0.2, 0.25) is 5.02 Å². The van der Waals surface area contributed by atoms with Crippen LogP contribution < -0.4 is 19.3 Å². The normalized spacial score (nSPS) is 11.3. The molecule has 1 aromatic carbocycles. The highest BCUT2D eigenvalue weighted by molar-refractivity contribution is 7.89. The number of anilines is 2. The predicted molar refractivity (Wildman–Crippen MR) is 101 cm³/mol. The smallest absolute Gasteiger partial charge is 0.244 e. The first-order chi connectivity index (χ1) is 12.1. The number of aromatic nitrogens is 3. The van der Waals surface area contributed by atoms with E-state index in [1.807, 2.05) is 0 Å². The Kier molecular flexibility index (Phi) is 6.21. The second kappa shape index (κ2) is 8.02. The van der Waals surface area contributed by atoms with E-state index >= 15 is 0 Å². The molecule has 0 aliphatic rings. The monoisotopic (exact) mass is 400 g/mol. The molecule has 0 radical (unpaired) electrons. The Balaban J connectivity index is 2.31. The lowest BCUT2D eigenvalue weighted by Gasteiger charge is -2.16. The molecule has 26 heavy (non-hydrogen) atoms. The average molecular weight is 401 g/mol. The van der Waals surface area contributed by atoms with Gasteiger partial charge in [-0.3, -0.25) is 0 Å². The summed E-state index contributed by atoms with van der Waals surface area (Å²) in [7, 11) is 4.68. The number of methoxy groups -OCH3 is 1. The minimum Gasteiger partial charge on any atom is -0.495 e. The second-order valence-corrected chi connectivity index (χ2v) is 7.93. The van der Waals surface area contributed by atoms with Gasteiger partial charge in [0.1, 0.15) is 10.6 Å². The van der Waals surface area contributed by atoms with Gasteiger partial charge in [-0.05, 0) is 18.2 Å². The van der Waals surface area contributed by atoms with Crippen molar-refractivity contribution in [3.05, 3.63) is 29.0 Å². The maximum Gasteiger partial charge on any atom is 0.244 e. The molecule has 0 fully saturated rings. The summed E-state index contributed by atoms with van der Waals surface area (Å²) in [6.07, 6.45) is 0. The van der Waals surface area contributed by atoms with Crippen LogP contribution in [0.5, 0.6) is 5.75 Å². The van der Waals surface area contributed by atoms with Gasteiger partial charge in [-0.1, -0.05) is 11.6 Å². The van der Waals surface area contributed by atoms with Gasteiger partial charge in [-0.15, -0.1) is 0 Å². The average Bonchev–Trinajstić information content (AvgIpc) is 2.59. The van der Waals surface area contributed by atoms with E-state index in [1.54, 1.807) is 44.1 Å². The van der Waals surface area contributed by atoms with E-state index in [0.29, 0.717) is 11.9 Å². The SMILES string of the molecule is COc1ccc(Cl)cc1S(=O)(=O)NCc1nc(N(C)C)nc(N(C)C)n1. The highest BCUT2D eigenvalue weighted by atomic mass is 35.5. The summed E-state index contributed by atoms with van der Waals surface area (Å²) in [5, 5.41) is 0.288. The number of sulfonamides is 1. The fourth-order valence-electron chi connectivity index (χ4n) is 1.97. The summed E-state index contributed by atoms with van der Waals surface area (Å²) in [4.78, 5) is 16.2. The van der Waals surface area contributed by atoms with Crippen LogP contribution in [-0.4, -0.2) is 58.7 Å². The van der Waals surface area contributed by atoms with E-state index < -0.39 is 10.0 Å². The third kappa shape index (κ3) is 4.71. The van der Waals surface area contributed by atoms with E-state index in [2.05, 4.69) is 19.7 Å². The largest absolute Gasteiger partial charge is 0.495 e. The van der Waals surface area contributed by atoms with Crippen molar-refractivity contribution >= 4 is 33.5 Å². The fourth-order valence-corrected chi connectivity index (χ4v) is 3.38. The van der Waals surface area contributed by atoms with E-state index in [0.717, 1.165) is 0 Å². The van der Waals surface area contributed by atoms with Crippen LogP contribution in [0.25, 0.3) is 0 Å². The Bertz CT molecular complexity index is 863. The van der Waals surface area contributed by atoms with Crippen LogP contribution in [0.3, 0.4) is 0 Å². The molecule has 0 aliphatic heterocycles. The molecule has 1 heterocycles. The zero-order chi connectivity index (χ0) is 19.5. The third-order valence-corrected chi connectivity index (χ3v) is 4.95. The molecule has 142 valence electrons. The van der Waals surface area contributed by atoms with Gasteiger partial charge in [0.15, 0.2) is 5.82 Å². The maximum absolute atomic E-state index is 12.6. The van der Waals surface area contributed by atoms with Gasteiger partial charge in [0.2, 0.25) is 21.9 Å². The van der Waals surface area contributed by atoms with Gasteiger partial charge < -0.3 is 14.5 Å². The molecule has 0 bridgehead atoms. The Morgan fingerprint density at radius 3 is 2.15 bits per heavy atom. The molecule has 1 aromatic heterocycles. The van der Waals surface area contributed by atoms with E-state index in [-0.39, 0.29) is 28.0 Å². The number of nitrogens with zero attached hydrogens (tertiary/aromatic N) is 5. The van der Waals surface area contributed by atoms with Crippen molar-refractivity contribution < 1.29 is 13.2 Å². The minimum atomic E-state index is -3.88. The van der Waals surface area contributed by atoms with E-state index in [4.69, 9.17) is 16.3 Å². The molecule has 11 heteroatoms. The standard InChI is InChI=1S/C15H21ClN6O3S/c1-21(2)14-18-13(19-15(20-14)22(3)4)9-17-26(23,24)12-8-10(16)6-7-11(12)25-5/h6-8,17H,9H2,1-5H3. The lowest BCUT2D eigenvalue weighted by molar-refractivity contribution is 0.402. The van der Waals surface area contributed by atoms with Crippen LogP contribution >= 0.6 is 11.6 Å². The summed E-state index contributed by atoms with van der Waals surface area (Å²) in [6, 6.07) is 4.37. The summed E-state index contributed by atoms with van der Waals surface area (Å²) in [5.41, 5.74) is 0. The molecule has 0 spiro atoms. The molecular formula is C15H21ClN6O3S. The maximum atomic E-state index is 12.6. The van der Waals surface area contributed by atoms with Crippen LogP contribution in [0, 0.1) is 0 Å². The summed E-state index contributed by atoms with van der Waals surface area (Å²) < 4.78 is 32.8. The Morgan fingerprint density at radius 2 is 1.65 bits per heavy atom. The van der Waals surface area contributed by atoms with Crippen LogP contribution in [0.4, 0.5) is 11.9 Å². The van der Waals surface area contributed by atoms with Gasteiger partial charge in [-0.2, -0.15) is 15.0 Å². The van der Waals surface area contributed by atoms with Crippen molar-refractivity contribution in [1.29, 1.82) is 0 Å². The number of hydrogen-bond donors (Lipinski definition) is 1. The number of rotatable bonds is 7. The van der Waals surface area contributed by atoms with Crippen molar-refractivity contribution in [2.75, 3.05) is 45.1 Å². The Labute approximate surface area is 158 Å². The number of ether oxygens (including phenoxy) is 1. The Morgan fingerprint density at radius 1 is 1.08 bits per heavy atom. The quantitative estimate of drug-likeness (QED) is 0.738. The molecule has 0 saturated carbocycles. The molecule has 2 aromatic rings. The number of halogens is 1. The molecule has 0 unspecified atom stereocenters. The molecule has 0 saturated heterocycles. The molecule has 9 nitrogen and oxygen atoms in total.